The van der Waals surface area contributed by atoms with Gasteiger partial charge in [-0.05, 0) is 19.1 Å². The molecule has 8 nitrogen and oxygen atoms in total. The van der Waals surface area contributed by atoms with Gasteiger partial charge < -0.3 is 15.5 Å². The molecule has 0 aliphatic carbocycles. The van der Waals surface area contributed by atoms with Crippen LogP contribution in [-0.4, -0.2) is 48.6 Å². The zero-order chi connectivity index (χ0) is 16.4. The molecule has 3 rings (SSSR count). The molecule has 1 unspecified atom stereocenters. The van der Waals surface area contributed by atoms with Crippen molar-refractivity contribution in [3.05, 3.63) is 42.4 Å². The van der Waals surface area contributed by atoms with E-state index in [1.54, 1.807) is 31.3 Å². The third-order valence-corrected chi connectivity index (χ3v) is 3.29. The van der Waals surface area contributed by atoms with Crippen molar-refractivity contribution in [1.29, 1.82) is 0 Å². The third-order valence-electron chi connectivity index (χ3n) is 3.29. The smallest absolute Gasteiger partial charge is 0.337 e. The molecule has 0 radical (unpaired) electrons. The summed E-state index contributed by atoms with van der Waals surface area (Å²) >= 11 is 0. The summed E-state index contributed by atoms with van der Waals surface area (Å²) in [5, 5.41) is 26.6. The predicted molar refractivity (Wildman–Crippen MR) is 83.8 cm³/mol. The molecular formula is C15H15N5O3. The number of carboxylic acid groups (broad SMARTS) is 1. The molecule has 23 heavy (non-hydrogen) atoms. The standard InChI is InChI=1S/C15H15N5O3/c1-9(21)6-16-13-11-7-19-20(14(11)18-8-17-13)12-5-3-2-4-10(12)15(22)23/h2-5,7-9,21H,6H2,1H3,(H,22,23)(H,16,17,18). The maximum atomic E-state index is 11.4. The molecule has 0 amide bonds. The monoisotopic (exact) mass is 313 g/mol. The van der Waals surface area contributed by atoms with Gasteiger partial charge in [-0.25, -0.2) is 19.4 Å². The van der Waals surface area contributed by atoms with Crippen molar-refractivity contribution in [1.82, 2.24) is 19.7 Å². The Morgan fingerprint density at radius 2 is 2.13 bits per heavy atom. The van der Waals surface area contributed by atoms with Crippen molar-refractivity contribution >= 4 is 22.8 Å². The van der Waals surface area contributed by atoms with Gasteiger partial charge in [0, 0.05) is 6.54 Å². The van der Waals surface area contributed by atoms with Crippen LogP contribution in [0.4, 0.5) is 5.82 Å². The molecule has 0 bridgehead atoms. The lowest BCUT2D eigenvalue weighted by Gasteiger charge is -2.09. The van der Waals surface area contributed by atoms with Gasteiger partial charge in [-0.2, -0.15) is 5.10 Å². The van der Waals surface area contributed by atoms with E-state index >= 15 is 0 Å². The molecule has 0 fully saturated rings. The Bertz CT molecular complexity index is 859. The highest BCUT2D eigenvalue weighted by atomic mass is 16.4. The number of aromatic nitrogens is 4. The first-order valence-corrected chi connectivity index (χ1v) is 7.01. The van der Waals surface area contributed by atoms with Gasteiger partial charge in [-0.3, -0.25) is 0 Å². The van der Waals surface area contributed by atoms with Crippen LogP contribution < -0.4 is 5.32 Å². The molecular weight excluding hydrogens is 298 g/mol. The molecule has 1 aromatic carbocycles. The number of para-hydroxylation sites is 1. The number of nitrogens with one attached hydrogen (secondary N) is 1. The van der Waals surface area contributed by atoms with E-state index in [1.165, 1.54) is 17.1 Å². The molecule has 0 aliphatic heterocycles. The third kappa shape index (κ3) is 2.84. The second-order valence-corrected chi connectivity index (χ2v) is 5.07. The number of fused-ring (bicyclic) bond motifs is 1. The predicted octanol–water partition coefficient (Wildman–Crippen LogP) is 1.31. The highest BCUT2D eigenvalue weighted by molar-refractivity contribution is 5.93. The fourth-order valence-electron chi connectivity index (χ4n) is 2.24. The second-order valence-electron chi connectivity index (χ2n) is 5.07. The van der Waals surface area contributed by atoms with E-state index in [1.807, 2.05) is 0 Å². The number of aliphatic hydroxyl groups excluding tert-OH is 1. The Balaban J connectivity index is 2.11. The minimum atomic E-state index is -1.04. The number of anilines is 1. The van der Waals surface area contributed by atoms with E-state index < -0.39 is 12.1 Å². The lowest BCUT2D eigenvalue weighted by molar-refractivity contribution is 0.0697. The van der Waals surface area contributed by atoms with E-state index in [0.717, 1.165) is 0 Å². The Morgan fingerprint density at radius 3 is 2.87 bits per heavy atom. The number of hydrogen-bond acceptors (Lipinski definition) is 6. The van der Waals surface area contributed by atoms with E-state index in [9.17, 15) is 15.0 Å². The molecule has 1 atom stereocenters. The van der Waals surface area contributed by atoms with Crippen LogP contribution in [0.15, 0.2) is 36.8 Å². The zero-order valence-corrected chi connectivity index (χ0v) is 12.3. The Labute approximate surface area is 131 Å². The number of carboxylic acids is 1. The highest BCUT2D eigenvalue weighted by Gasteiger charge is 2.16. The number of nitrogens with zero attached hydrogens (tertiary/aromatic N) is 4. The van der Waals surface area contributed by atoms with Crippen molar-refractivity contribution in [3.8, 4) is 5.69 Å². The molecule has 3 N–H and O–H groups in total. The summed E-state index contributed by atoms with van der Waals surface area (Å²) in [6.07, 6.45) is 2.41. The maximum absolute atomic E-state index is 11.4. The van der Waals surface area contributed by atoms with E-state index in [4.69, 9.17) is 0 Å². The van der Waals surface area contributed by atoms with E-state index in [2.05, 4.69) is 20.4 Å². The van der Waals surface area contributed by atoms with E-state index in [0.29, 0.717) is 29.1 Å². The molecule has 3 aromatic rings. The second kappa shape index (κ2) is 6.01. The first kappa shape index (κ1) is 14.9. The minimum absolute atomic E-state index is 0.134. The lowest BCUT2D eigenvalue weighted by atomic mass is 10.2. The van der Waals surface area contributed by atoms with Crippen molar-refractivity contribution in [2.75, 3.05) is 11.9 Å². The van der Waals surface area contributed by atoms with Crippen LogP contribution in [0.2, 0.25) is 0 Å². The summed E-state index contributed by atoms with van der Waals surface area (Å²) in [6, 6.07) is 6.58. The Morgan fingerprint density at radius 1 is 1.35 bits per heavy atom. The quantitative estimate of drug-likeness (QED) is 0.650. The van der Waals surface area contributed by atoms with Crippen LogP contribution in [0.3, 0.4) is 0 Å². The van der Waals surface area contributed by atoms with Gasteiger partial charge in [0.25, 0.3) is 0 Å². The fourth-order valence-corrected chi connectivity index (χ4v) is 2.24. The van der Waals surface area contributed by atoms with Crippen LogP contribution in [0.25, 0.3) is 16.7 Å². The van der Waals surface area contributed by atoms with Gasteiger partial charge in [0.1, 0.15) is 12.1 Å². The first-order chi connectivity index (χ1) is 11.1. The molecule has 2 aromatic heterocycles. The summed E-state index contributed by atoms with van der Waals surface area (Å²) in [5.41, 5.74) is 1.05. The normalized spacial score (nSPS) is 12.3. The van der Waals surface area contributed by atoms with Crippen molar-refractivity contribution in [2.45, 2.75) is 13.0 Å². The van der Waals surface area contributed by atoms with Gasteiger partial charge in [-0.15, -0.1) is 0 Å². The molecule has 0 spiro atoms. The van der Waals surface area contributed by atoms with Gasteiger partial charge in [0.15, 0.2) is 5.65 Å². The molecule has 0 aliphatic rings. The number of aliphatic hydroxyl groups is 1. The largest absolute Gasteiger partial charge is 0.478 e. The number of rotatable bonds is 5. The van der Waals surface area contributed by atoms with Crippen molar-refractivity contribution in [3.63, 3.8) is 0 Å². The van der Waals surface area contributed by atoms with Crippen LogP contribution in [-0.2, 0) is 0 Å². The minimum Gasteiger partial charge on any atom is -0.478 e. The average Bonchev–Trinajstić information content (AvgIpc) is 2.97. The molecule has 2 heterocycles. The number of carbonyl (C=O) groups is 1. The topological polar surface area (TPSA) is 113 Å². The molecule has 8 heteroatoms. The van der Waals surface area contributed by atoms with Gasteiger partial charge in [-0.1, -0.05) is 12.1 Å². The summed E-state index contributed by atoms with van der Waals surface area (Å²) < 4.78 is 1.47. The Kier molecular flexibility index (Phi) is 3.90. The van der Waals surface area contributed by atoms with Crippen molar-refractivity contribution < 1.29 is 15.0 Å². The average molecular weight is 313 g/mol. The zero-order valence-electron chi connectivity index (χ0n) is 12.3. The first-order valence-electron chi connectivity index (χ1n) is 7.01. The van der Waals surface area contributed by atoms with Gasteiger partial charge in [0.2, 0.25) is 0 Å². The van der Waals surface area contributed by atoms with Crippen LogP contribution in [0.5, 0.6) is 0 Å². The fraction of sp³-hybridized carbons (Fsp3) is 0.200. The van der Waals surface area contributed by atoms with Gasteiger partial charge in [0.05, 0.1) is 28.9 Å². The number of hydrogen-bond donors (Lipinski definition) is 3. The molecule has 0 saturated carbocycles. The van der Waals surface area contributed by atoms with Crippen LogP contribution >= 0.6 is 0 Å². The summed E-state index contributed by atoms with van der Waals surface area (Å²) in [5.74, 6) is -0.499. The maximum Gasteiger partial charge on any atom is 0.337 e. The lowest BCUT2D eigenvalue weighted by Crippen LogP contribution is -2.16. The summed E-state index contributed by atoms with van der Waals surface area (Å²) in [7, 11) is 0. The van der Waals surface area contributed by atoms with E-state index in [-0.39, 0.29) is 5.56 Å². The number of benzene rings is 1. The number of aromatic carboxylic acids is 1. The summed E-state index contributed by atoms with van der Waals surface area (Å²) in [6.45, 7) is 2.00. The molecule has 118 valence electrons. The highest BCUT2D eigenvalue weighted by Crippen LogP contribution is 2.23. The van der Waals surface area contributed by atoms with Crippen LogP contribution in [0.1, 0.15) is 17.3 Å². The molecule has 0 saturated heterocycles. The van der Waals surface area contributed by atoms with Crippen LogP contribution in [0, 0.1) is 0 Å². The Hall–Kier alpha value is -3.00. The SMILES string of the molecule is CC(O)CNc1ncnc2c1cnn2-c1ccccc1C(=O)O. The summed E-state index contributed by atoms with van der Waals surface area (Å²) in [4.78, 5) is 19.7. The van der Waals surface area contributed by atoms with Crippen molar-refractivity contribution in [2.24, 2.45) is 0 Å². The van der Waals surface area contributed by atoms with Gasteiger partial charge >= 0.3 is 5.97 Å².